The van der Waals surface area contributed by atoms with Crippen molar-refractivity contribution < 1.29 is 4.79 Å². The number of hydrogen-bond donors (Lipinski definition) is 2. The van der Waals surface area contributed by atoms with Crippen molar-refractivity contribution in [3.63, 3.8) is 0 Å². The number of hydrogen-bond acceptors (Lipinski definition) is 2. The molecule has 0 radical (unpaired) electrons. The van der Waals surface area contributed by atoms with Gasteiger partial charge in [0.2, 0.25) is 0 Å². The van der Waals surface area contributed by atoms with Gasteiger partial charge in [0.1, 0.15) is 0 Å². The lowest BCUT2D eigenvalue weighted by atomic mass is 10.1. The van der Waals surface area contributed by atoms with Gasteiger partial charge in [-0.2, -0.15) is 0 Å². The number of aryl methyl sites for hydroxylation is 1. The fourth-order valence-corrected chi connectivity index (χ4v) is 2.40. The second-order valence-electron chi connectivity index (χ2n) is 4.17. The summed E-state index contributed by atoms with van der Waals surface area (Å²) < 4.78 is 0.823. The van der Waals surface area contributed by atoms with Crippen LogP contribution in [-0.2, 0) is 0 Å². The maximum absolute atomic E-state index is 12.1. The topological polar surface area (TPSA) is 55.1 Å². The van der Waals surface area contributed by atoms with Crippen LogP contribution in [0.3, 0.4) is 0 Å². The summed E-state index contributed by atoms with van der Waals surface area (Å²) in [5.41, 5.74) is 8.36. The number of carbonyl (C=O) groups excluding carboxylic acids is 1. The molecule has 2 rings (SSSR count). The van der Waals surface area contributed by atoms with Crippen molar-refractivity contribution in [2.45, 2.75) is 6.92 Å². The third-order valence-corrected chi connectivity index (χ3v) is 3.44. The first-order valence-corrected chi connectivity index (χ1v) is 6.77. The van der Waals surface area contributed by atoms with Crippen molar-refractivity contribution >= 4 is 44.8 Å². The van der Waals surface area contributed by atoms with Gasteiger partial charge in [-0.05, 0) is 42.8 Å². The van der Waals surface area contributed by atoms with E-state index in [1.54, 1.807) is 24.3 Å². The predicted molar refractivity (Wildman–Crippen MR) is 82.7 cm³/mol. The Hall–Kier alpha value is -1.52. The fraction of sp³-hybridized carbons (Fsp3) is 0.0714. The maximum Gasteiger partial charge on any atom is 0.257 e. The molecular formula is C14H12BrClN2O. The van der Waals surface area contributed by atoms with Crippen LogP contribution < -0.4 is 11.1 Å². The Balaban J connectivity index is 2.28. The summed E-state index contributed by atoms with van der Waals surface area (Å²) in [4.78, 5) is 12.1. The maximum atomic E-state index is 12.1. The molecule has 0 unspecified atom stereocenters. The van der Waals surface area contributed by atoms with Crippen molar-refractivity contribution in [2.75, 3.05) is 11.1 Å². The van der Waals surface area contributed by atoms with Crippen LogP contribution in [0.1, 0.15) is 15.9 Å². The monoisotopic (exact) mass is 338 g/mol. The zero-order valence-electron chi connectivity index (χ0n) is 10.2. The number of rotatable bonds is 2. The van der Waals surface area contributed by atoms with Gasteiger partial charge in [0.05, 0.1) is 22.0 Å². The molecule has 0 aromatic heterocycles. The highest BCUT2D eigenvalue weighted by atomic mass is 79.9. The minimum atomic E-state index is -0.283. The lowest BCUT2D eigenvalue weighted by Gasteiger charge is -2.10. The molecule has 0 spiro atoms. The minimum Gasteiger partial charge on any atom is -0.397 e. The van der Waals surface area contributed by atoms with Gasteiger partial charge in [-0.1, -0.05) is 33.6 Å². The largest absolute Gasteiger partial charge is 0.397 e. The van der Waals surface area contributed by atoms with Crippen LogP contribution in [0.4, 0.5) is 11.4 Å². The second kappa shape index (κ2) is 5.63. The number of anilines is 2. The number of carbonyl (C=O) groups is 1. The van der Waals surface area contributed by atoms with Gasteiger partial charge in [0.15, 0.2) is 0 Å². The Bertz CT molecular complexity index is 643. The van der Waals surface area contributed by atoms with Crippen molar-refractivity contribution in [1.82, 2.24) is 0 Å². The molecular weight excluding hydrogens is 328 g/mol. The molecule has 0 saturated carbocycles. The fourth-order valence-electron chi connectivity index (χ4n) is 1.64. The van der Waals surface area contributed by atoms with Crippen LogP contribution in [0.15, 0.2) is 40.9 Å². The Morgan fingerprint density at radius 3 is 2.68 bits per heavy atom. The zero-order chi connectivity index (χ0) is 14.0. The Morgan fingerprint density at radius 1 is 1.26 bits per heavy atom. The molecule has 3 N–H and O–H groups in total. The van der Waals surface area contributed by atoms with Crippen molar-refractivity contribution in [1.29, 1.82) is 0 Å². The molecule has 1 amide bonds. The van der Waals surface area contributed by atoms with E-state index in [9.17, 15) is 4.79 Å². The van der Waals surface area contributed by atoms with Gasteiger partial charge < -0.3 is 11.1 Å². The summed E-state index contributed by atoms with van der Waals surface area (Å²) in [6.07, 6.45) is 0. The van der Waals surface area contributed by atoms with E-state index in [0.29, 0.717) is 22.0 Å². The number of halogens is 2. The summed E-state index contributed by atoms with van der Waals surface area (Å²) in [6, 6.07) is 10.6. The van der Waals surface area contributed by atoms with Gasteiger partial charge in [0.25, 0.3) is 5.91 Å². The lowest BCUT2D eigenvalue weighted by molar-refractivity contribution is 0.102. The highest BCUT2D eigenvalue weighted by Gasteiger charge is 2.12. The lowest BCUT2D eigenvalue weighted by Crippen LogP contribution is -2.13. The molecule has 0 atom stereocenters. The van der Waals surface area contributed by atoms with Crippen LogP contribution in [0.5, 0.6) is 0 Å². The first-order chi connectivity index (χ1) is 8.97. The van der Waals surface area contributed by atoms with Crippen LogP contribution in [-0.4, -0.2) is 5.91 Å². The number of nitrogens with two attached hydrogens (primary N) is 1. The van der Waals surface area contributed by atoms with E-state index in [1.807, 2.05) is 19.1 Å². The number of nitrogen functional groups attached to an aromatic ring is 1. The van der Waals surface area contributed by atoms with E-state index in [4.69, 9.17) is 17.3 Å². The Labute approximate surface area is 124 Å². The highest BCUT2D eigenvalue weighted by molar-refractivity contribution is 9.10. The molecule has 98 valence electrons. The summed E-state index contributed by atoms with van der Waals surface area (Å²) in [7, 11) is 0. The summed E-state index contributed by atoms with van der Waals surface area (Å²) in [5, 5.41) is 3.15. The molecule has 0 fully saturated rings. The predicted octanol–water partition coefficient (Wildman–Crippen LogP) is 4.25. The van der Waals surface area contributed by atoms with E-state index >= 15 is 0 Å². The highest BCUT2D eigenvalue weighted by Crippen LogP contribution is 2.24. The number of nitrogens with one attached hydrogen (secondary N) is 1. The average Bonchev–Trinajstić information content (AvgIpc) is 2.33. The Kier molecular flexibility index (Phi) is 4.12. The van der Waals surface area contributed by atoms with Crippen molar-refractivity contribution in [2.24, 2.45) is 0 Å². The molecule has 0 heterocycles. The van der Waals surface area contributed by atoms with Gasteiger partial charge >= 0.3 is 0 Å². The third-order valence-electron chi connectivity index (χ3n) is 2.63. The number of benzene rings is 2. The third kappa shape index (κ3) is 3.28. The molecule has 0 saturated heterocycles. The van der Waals surface area contributed by atoms with Crippen molar-refractivity contribution in [3.05, 3.63) is 57.0 Å². The van der Waals surface area contributed by atoms with E-state index in [2.05, 4.69) is 21.2 Å². The van der Waals surface area contributed by atoms with Crippen LogP contribution in [0.2, 0.25) is 5.02 Å². The molecule has 3 nitrogen and oxygen atoms in total. The van der Waals surface area contributed by atoms with E-state index in [-0.39, 0.29) is 5.91 Å². The Morgan fingerprint density at radius 2 is 2.00 bits per heavy atom. The number of amides is 1. The molecule has 0 aliphatic carbocycles. The molecule has 0 aliphatic heterocycles. The first kappa shape index (κ1) is 13.9. The van der Waals surface area contributed by atoms with Gasteiger partial charge in [-0.15, -0.1) is 0 Å². The smallest absolute Gasteiger partial charge is 0.257 e. The van der Waals surface area contributed by atoms with Crippen LogP contribution in [0.25, 0.3) is 0 Å². The van der Waals surface area contributed by atoms with Crippen LogP contribution in [0, 0.1) is 6.92 Å². The summed E-state index contributed by atoms with van der Waals surface area (Å²) in [6.45, 7) is 1.93. The normalized spacial score (nSPS) is 10.3. The second-order valence-corrected chi connectivity index (χ2v) is 5.49. The molecule has 19 heavy (non-hydrogen) atoms. The molecule has 0 bridgehead atoms. The molecule has 5 heteroatoms. The summed E-state index contributed by atoms with van der Waals surface area (Å²) in [5.74, 6) is -0.283. The van der Waals surface area contributed by atoms with E-state index in [1.165, 1.54) is 0 Å². The standard InChI is InChI=1S/C14H12BrClN2O/c1-8-2-5-12(17)13(6-8)18-14(19)10-4-3-9(15)7-11(10)16/h2-7H,17H2,1H3,(H,18,19). The van der Waals surface area contributed by atoms with Gasteiger partial charge in [-0.3, -0.25) is 4.79 Å². The van der Waals surface area contributed by atoms with Crippen molar-refractivity contribution in [3.8, 4) is 0 Å². The average molecular weight is 340 g/mol. The van der Waals surface area contributed by atoms with E-state index < -0.39 is 0 Å². The molecule has 2 aromatic rings. The van der Waals surface area contributed by atoms with Gasteiger partial charge in [0, 0.05) is 4.47 Å². The van der Waals surface area contributed by atoms with Crippen LogP contribution >= 0.6 is 27.5 Å². The van der Waals surface area contributed by atoms with E-state index in [0.717, 1.165) is 10.0 Å². The molecule has 0 aliphatic rings. The SMILES string of the molecule is Cc1ccc(N)c(NC(=O)c2ccc(Br)cc2Cl)c1. The minimum absolute atomic E-state index is 0.283. The quantitative estimate of drug-likeness (QED) is 0.804. The van der Waals surface area contributed by atoms with Gasteiger partial charge in [-0.25, -0.2) is 0 Å². The molecule has 2 aromatic carbocycles. The first-order valence-electron chi connectivity index (χ1n) is 5.60. The zero-order valence-corrected chi connectivity index (χ0v) is 12.5. The summed E-state index contributed by atoms with van der Waals surface area (Å²) >= 11 is 9.34.